The summed E-state index contributed by atoms with van der Waals surface area (Å²) < 4.78 is 561. The van der Waals surface area contributed by atoms with Crippen LogP contribution in [0.4, 0.5) is 158 Å². The first-order valence-electron chi connectivity index (χ1n) is 13.5. The van der Waals surface area contributed by atoms with Crippen LogP contribution >= 0.6 is 31.3 Å². The second-order valence-corrected chi connectivity index (χ2v) is 32.5. The minimum atomic E-state index is -11.5. The van der Waals surface area contributed by atoms with Crippen molar-refractivity contribution in [3.63, 3.8) is 0 Å². The van der Waals surface area contributed by atoms with Crippen molar-refractivity contribution in [1.29, 1.82) is 0 Å². The van der Waals surface area contributed by atoms with E-state index >= 15 is 0 Å². The van der Waals surface area contributed by atoms with Gasteiger partial charge < -0.3 is 16.9 Å². The van der Waals surface area contributed by atoms with E-state index in [9.17, 15) is 176 Å². The lowest BCUT2D eigenvalue weighted by molar-refractivity contribution is -0.185. The van der Waals surface area contributed by atoms with E-state index in [1.807, 2.05) is 17.2 Å². The smallest absolute Gasteiger partial charge is 0.301 e. The zero-order valence-corrected chi connectivity index (χ0v) is 35.9. The van der Waals surface area contributed by atoms with Crippen molar-refractivity contribution in [3.8, 4) is 0 Å². The predicted octanol–water partition coefficient (Wildman–Crippen LogP) is 13.6. The fraction of sp³-hybridized carbons (Fsp3) is 1.00. The zero-order chi connectivity index (χ0) is 55.7. The van der Waals surface area contributed by atoms with E-state index in [1.54, 1.807) is 16.9 Å². The first kappa shape index (κ1) is 65.0. The second kappa shape index (κ2) is 17.3. The quantitative estimate of drug-likeness (QED) is 0.130. The minimum absolute atomic E-state index is 1.65. The van der Waals surface area contributed by atoms with Crippen molar-refractivity contribution < 1.29 is 210 Å². The molecule has 0 amide bonds. The van der Waals surface area contributed by atoms with Crippen LogP contribution in [0.3, 0.4) is 0 Å². The molecule has 1 aliphatic heterocycles. The topological polar surface area (TPSA) is 142 Å². The molecule has 0 aliphatic carbocycles. The largest absolute Gasteiger partial charge is 0.556 e. The van der Waals surface area contributed by atoms with Crippen molar-refractivity contribution in [1.82, 2.24) is 0 Å². The Kier molecular flexibility index (Phi) is 16.5. The third-order valence-electron chi connectivity index (χ3n) is 6.59. The summed E-state index contributed by atoms with van der Waals surface area (Å²) >= 11 is 0. The van der Waals surface area contributed by atoms with Crippen molar-refractivity contribution >= 4 is 64.6 Å². The molecule has 0 aromatic carbocycles. The molecule has 0 aromatic heterocycles. The third kappa shape index (κ3) is 11.1. The molecule has 0 N–H and O–H groups in total. The maximum atomic E-state index is 13.7. The van der Waals surface area contributed by atoms with Crippen LogP contribution in [0.25, 0.3) is 0 Å². The second-order valence-electron chi connectivity index (χ2n) is 11.2. The lowest BCUT2D eigenvalue weighted by atomic mass is 11.4. The fourth-order valence-electron chi connectivity index (χ4n) is 3.90. The Morgan fingerprint density at radius 3 is 0.338 bits per heavy atom. The maximum Gasteiger partial charge on any atom is 0.556 e. The summed E-state index contributed by atoms with van der Waals surface area (Å²) in [6.07, 6.45) is 0. The number of alkyl halides is 36. The fourth-order valence-corrected chi connectivity index (χ4v) is 27.0. The lowest BCUT2D eigenvalue weighted by Gasteiger charge is -2.42. The van der Waals surface area contributed by atoms with E-state index in [2.05, 4.69) is 0 Å². The Labute approximate surface area is 345 Å². The van der Waals surface area contributed by atoms with Gasteiger partial charge in [0.05, 0.1) is 0 Å². The molecule has 0 bridgehead atoms. The summed E-state index contributed by atoms with van der Waals surface area (Å²) in [4.78, 5) is 0. The molecule has 1 heterocycles. The predicted molar refractivity (Wildman–Crippen MR) is 135 cm³/mol. The molecule has 408 valence electrons. The zero-order valence-electron chi connectivity index (χ0n) is 28.3. The van der Waals surface area contributed by atoms with Crippen LogP contribution in [0, 0.1) is 0 Å². The van der Waals surface area contributed by atoms with E-state index in [-0.39, 0.29) is 0 Å². The van der Waals surface area contributed by atoms with E-state index in [4.69, 9.17) is 0 Å². The number of rotatable bonds is 8. The summed E-state index contributed by atoms with van der Waals surface area (Å²) in [7, 11) is -88.7. The SMILES string of the molecule is O=P1(O[Si](C(F)(F)F)(C(F)(F)F)C(F)(F)F)OP(=O)(O[Si](C(F)(F)F)(C(F)(F)F)C(F)(F)F)OP(=O)(O[Si](C(F)(F)F)(C(F)(F)F)C(F)(F)F)OP(=O)(O[Si](C(F)(F)F)(C(F)(F)F)C(F)(F)F)O1. The molecule has 0 aromatic rings. The van der Waals surface area contributed by atoms with Crippen molar-refractivity contribution in [2.75, 3.05) is 0 Å². The molecule has 0 radical (unpaired) electrons. The van der Waals surface area contributed by atoms with Gasteiger partial charge in [-0.1, -0.05) is 0 Å². The van der Waals surface area contributed by atoms with Gasteiger partial charge in [-0.25, -0.2) is 18.3 Å². The van der Waals surface area contributed by atoms with Crippen LogP contribution in [0.15, 0.2) is 0 Å². The highest BCUT2D eigenvalue weighted by molar-refractivity contribution is 7.77. The summed E-state index contributed by atoms with van der Waals surface area (Å²) in [6.45, 7) is 0. The van der Waals surface area contributed by atoms with Crippen molar-refractivity contribution in [2.24, 2.45) is 0 Å². The molecule has 12 nitrogen and oxygen atoms in total. The number of hydrogen-bond acceptors (Lipinski definition) is 12. The minimum Gasteiger partial charge on any atom is -0.301 e. The van der Waals surface area contributed by atoms with Crippen LogP contribution in [-0.2, 0) is 52.4 Å². The van der Waals surface area contributed by atoms with Gasteiger partial charge in [0.1, 0.15) is 0 Å². The van der Waals surface area contributed by atoms with Crippen LogP contribution in [0.2, 0.25) is 0 Å². The molecule has 0 atom stereocenters. The Balaban J connectivity index is 5.31. The van der Waals surface area contributed by atoms with E-state index in [0.717, 1.165) is 0 Å². The summed E-state index contributed by atoms with van der Waals surface area (Å²) in [5.74, 6) is -107. The van der Waals surface area contributed by atoms with Gasteiger partial charge in [-0.3, -0.25) is 0 Å². The molecule has 0 spiro atoms. The van der Waals surface area contributed by atoms with Gasteiger partial charge >= 0.3 is 134 Å². The summed E-state index contributed by atoms with van der Waals surface area (Å²) in [6, 6.07) is 0. The molecule has 0 unspecified atom stereocenters. The Morgan fingerprint density at radius 2 is 0.279 bits per heavy atom. The highest BCUT2D eigenvalue weighted by Gasteiger charge is 2.98. The molecular weight excluding hydrogens is 1260 g/mol. The molecule has 1 aliphatic rings. The lowest BCUT2D eigenvalue weighted by Crippen LogP contribution is -2.74. The highest BCUT2D eigenvalue weighted by atomic mass is 31.3. The highest BCUT2D eigenvalue weighted by Crippen LogP contribution is 2.87. The maximum absolute atomic E-state index is 13.7. The standard InChI is InChI=1S/C12F36O12P4Si4/c13-1(14,15)65(2(16,17)18,3(19,20)21)57-61(49)53-62(50,58-66(4(22,23)24,5(25,26)27)6(28,29)30)55-64(52,60-68(10(40,41)42,11(43,44)45)12(46,47)48)56-63(51,54-61)59-67(7(31,32)33,8(34,35)36)9(37,38)39. The van der Waals surface area contributed by atoms with Crippen LogP contribution in [0.5, 0.6) is 0 Å². The van der Waals surface area contributed by atoms with E-state index in [1.165, 1.54) is 0 Å². The van der Waals surface area contributed by atoms with Crippen molar-refractivity contribution in [3.05, 3.63) is 0 Å². The number of hydrogen-bond donors (Lipinski definition) is 0. The van der Waals surface area contributed by atoms with Gasteiger partial charge in [-0.15, -0.1) is 0 Å². The van der Waals surface area contributed by atoms with Gasteiger partial charge in [0.25, 0.3) is 0 Å². The molecule has 56 heteroatoms. The number of phosphoric acid groups is 4. The van der Waals surface area contributed by atoms with Crippen LogP contribution in [0.1, 0.15) is 0 Å². The van der Waals surface area contributed by atoms with Crippen LogP contribution < -0.4 is 0 Å². The molecule has 0 saturated carbocycles. The molecule has 1 rings (SSSR count). The molecular formula is C12F36O12P4Si4. The van der Waals surface area contributed by atoms with Crippen LogP contribution in [-0.4, -0.2) is 103 Å². The van der Waals surface area contributed by atoms with E-state index < -0.39 is 134 Å². The Bertz CT molecular complexity index is 1590. The van der Waals surface area contributed by atoms with E-state index in [0.29, 0.717) is 0 Å². The van der Waals surface area contributed by atoms with Gasteiger partial charge in [0.2, 0.25) is 0 Å². The van der Waals surface area contributed by atoms with Crippen molar-refractivity contribution in [2.45, 2.75) is 69.6 Å². The first-order chi connectivity index (χ1) is 28.7. The normalized spacial score (nSPS) is 26.4. The average molecular weight is 1260 g/mol. The van der Waals surface area contributed by atoms with Gasteiger partial charge in [-0.2, -0.15) is 175 Å². The molecule has 1 saturated heterocycles. The Morgan fingerprint density at radius 1 is 0.206 bits per heavy atom. The summed E-state index contributed by atoms with van der Waals surface area (Å²) in [5, 5.41) is 0. The molecule has 1 fully saturated rings. The van der Waals surface area contributed by atoms with Gasteiger partial charge in [0, 0.05) is 0 Å². The average Bonchev–Trinajstić information content (AvgIpc) is 2.91. The first-order valence-corrected chi connectivity index (χ1v) is 27.0. The summed E-state index contributed by atoms with van der Waals surface area (Å²) in [5.41, 5.74) is 0. The number of halogens is 36. The molecule has 68 heavy (non-hydrogen) atoms. The Hall–Kier alpha value is -1.05. The monoisotopic (exact) mass is 1260 g/mol. The van der Waals surface area contributed by atoms with Gasteiger partial charge in [-0.05, 0) is 0 Å². The van der Waals surface area contributed by atoms with Gasteiger partial charge in [0.15, 0.2) is 0 Å². The third-order valence-corrected chi connectivity index (χ3v) is 30.5.